The van der Waals surface area contributed by atoms with Crippen molar-refractivity contribution in [1.82, 2.24) is 15.2 Å². The second-order valence-corrected chi connectivity index (χ2v) is 4.52. The highest BCUT2D eigenvalue weighted by Crippen LogP contribution is 2.35. The molecule has 0 atom stereocenters. The minimum absolute atomic E-state index is 0.339. The molecule has 0 aliphatic heterocycles. The van der Waals surface area contributed by atoms with E-state index in [0.29, 0.717) is 16.7 Å². The van der Waals surface area contributed by atoms with Crippen LogP contribution in [-0.4, -0.2) is 22.3 Å². The minimum atomic E-state index is 0.339. The van der Waals surface area contributed by atoms with Gasteiger partial charge in [0.15, 0.2) is 5.15 Å². The van der Waals surface area contributed by atoms with Gasteiger partial charge in [-0.3, -0.25) is 0 Å². The summed E-state index contributed by atoms with van der Waals surface area (Å²) < 4.78 is 5.42. The van der Waals surface area contributed by atoms with Crippen LogP contribution in [0.2, 0.25) is 5.15 Å². The summed E-state index contributed by atoms with van der Waals surface area (Å²) in [6, 6.07) is 4.02. The van der Waals surface area contributed by atoms with Crippen LogP contribution in [0, 0.1) is 20.8 Å². The highest BCUT2D eigenvalue weighted by Gasteiger charge is 2.15. The lowest BCUT2D eigenvalue weighted by Gasteiger charge is -2.12. The van der Waals surface area contributed by atoms with Crippen LogP contribution in [0.4, 0.5) is 0 Å². The molecule has 0 amide bonds. The fourth-order valence-corrected chi connectivity index (χ4v) is 2.21. The van der Waals surface area contributed by atoms with Gasteiger partial charge in [0.25, 0.3) is 0 Å². The minimum Gasteiger partial charge on any atom is -0.496 e. The molecule has 2 aromatic rings. The Labute approximate surface area is 111 Å². The lowest BCUT2D eigenvalue weighted by Crippen LogP contribution is -1.99. The highest BCUT2D eigenvalue weighted by molar-refractivity contribution is 6.31. The third-order valence-corrected chi connectivity index (χ3v) is 2.89. The molecular weight excluding hydrogens is 250 g/mol. The second-order valence-electron chi connectivity index (χ2n) is 4.16. The van der Waals surface area contributed by atoms with Crippen LogP contribution >= 0.6 is 11.6 Å². The van der Waals surface area contributed by atoms with Gasteiger partial charge in [-0.1, -0.05) is 17.7 Å². The molecule has 18 heavy (non-hydrogen) atoms. The first-order valence-electron chi connectivity index (χ1n) is 5.55. The lowest BCUT2D eigenvalue weighted by molar-refractivity contribution is 0.413. The summed E-state index contributed by atoms with van der Waals surface area (Å²) in [5.74, 6) is 1.30. The van der Waals surface area contributed by atoms with Crippen molar-refractivity contribution in [2.24, 2.45) is 0 Å². The van der Waals surface area contributed by atoms with E-state index in [9.17, 15) is 0 Å². The van der Waals surface area contributed by atoms with Gasteiger partial charge in [0.05, 0.1) is 7.11 Å². The van der Waals surface area contributed by atoms with Crippen LogP contribution in [0.3, 0.4) is 0 Å². The number of halogens is 1. The number of hydrogen-bond donors (Lipinski definition) is 0. The molecule has 0 N–H and O–H groups in total. The van der Waals surface area contributed by atoms with E-state index in [2.05, 4.69) is 15.2 Å². The number of methoxy groups -OCH3 is 1. The van der Waals surface area contributed by atoms with E-state index in [1.54, 1.807) is 14.0 Å². The van der Waals surface area contributed by atoms with Crippen molar-refractivity contribution >= 4 is 11.6 Å². The number of benzene rings is 1. The molecule has 0 radical (unpaired) electrons. The van der Waals surface area contributed by atoms with Crippen LogP contribution in [0.15, 0.2) is 12.1 Å². The number of nitrogens with zero attached hydrogens (tertiary/aromatic N) is 3. The lowest BCUT2D eigenvalue weighted by atomic mass is 10.0. The van der Waals surface area contributed by atoms with Crippen molar-refractivity contribution in [3.63, 3.8) is 0 Å². The molecule has 0 saturated carbocycles. The van der Waals surface area contributed by atoms with Crippen LogP contribution in [0.1, 0.15) is 17.0 Å². The molecule has 2 rings (SSSR count). The van der Waals surface area contributed by atoms with Crippen molar-refractivity contribution in [3.05, 3.63) is 34.2 Å². The van der Waals surface area contributed by atoms with Gasteiger partial charge in [0.2, 0.25) is 0 Å². The molecule has 94 valence electrons. The molecule has 5 heteroatoms. The van der Waals surface area contributed by atoms with Gasteiger partial charge >= 0.3 is 0 Å². The van der Waals surface area contributed by atoms with Crippen molar-refractivity contribution in [3.8, 4) is 17.0 Å². The maximum absolute atomic E-state index is 6.13. The summed E-state index contributed by atoms with van der Waals surface area (Å²) in [6.45, 7) is 5.75. The van der Waals surface area contributed by atoms with Crippen molar-refractivity contribution in [2.75, 3.05) is 7.11 Å². The molecule has 1 aromatic heterocycles. The fourth-order valence-electron chi connectivity index (χ4n) is 1.95. The summed E-state index contributed by atoms with van der Waals surface area (Å²) in [5, 5.41) is 8.40. The zero-order valence-corrected chi connectivity index (χ0v) is 11.5. The number of ether oxygens (including phenoxy) is 1. The number of hydrogen-bond acceptors (Lipinski definition) is 4. The average Bonchev–Trinajstić information content (AvgIpc) is 2.28. The van der Waals surface area contributed by atoms with Crippen LogP contribution in [-0.2, 0) is 0 Å². The summed E-state index contributed by atoms with van der Waals surface area (Å²) in [5.41, 5.74) is 3.51. The predicted octanol–water partition coefficient (Wildman–Crippen LogP) is 3.13. The van der Waals surface area contributed by atoms with Crippen LogP contribution in [0.25, 0.3) is 11.3 Å². The van der Waals surface area contributed by atoms with E-state index in [1.807, 2.05) is 26.0 Å². The summed E-state index contributed by atoms with van der Waals surface area (Å²) in [7, 11) is 1.63. The van der Waals surface area contributed by atoms with Crippen molar-refractivity contribution < 1.29 is 4.74 Å². The van der Waals surface area contributed by atoms with Gasteiger partial charge in [0, 0.05) is 5.56 Å². The van der Waals surface area contributed by atoms with E-state index in [0.717, 1.165) is 22.4 Å². The summed E-state index contributed by atoms with van der Waals surface area (Å²) in [4.78, 5) is 4.12. The van der Waals surface area contributed by atoms with Gasteiger partial charge in [-0.25, -0.2) is 4.98 Å². The van der Waals surface area contributed by atoms with Crippen LogP contribution < -0.4 is 4.74 Å². The molecule has 0 aliphatic carbocycles. The average molecular weight is 264 g/mol. The normalized spacial score (nSPS) is 10.5. The largest absolute Gasteiger partial charge is 0.496 e. The van der Waals surface area contributed by atoms with Crippen LogP contribution in [0.5, 0.6) is 5.75 Å². The molecular formula is C13H14ClN3O. The smallest absolute Gasteiger partial charge is 0.159 e. The van der Waals surface area contributed by atoms with E-state index in [1.165, 1.54) is 0 Å². The van der Waals surface area contributed by atoms with Crippen molar-refractivity contribution in [2.45, 2.75) is 20.8 Å². The molecule has 0 fully saturated rings. The first-order valence-corrected chi connectivity index (χ1v) is 5.93. The Kier molecular flexibility index (Phi) is 3.48. The van der Waals surface area contributed by atoms with Gasteiger partial charge in [-0.05, 0) is 38.0 Å². The summed E-state index contributed by atoms with van der Waals surface area (Å²) in [6.07, 6.45) is 0. The molecule has 0 saturated heterocycles. The Morgan fingerprint density at radius 3 is 2.44 bits per heavy atom. The molecule has 0 aliphatic rings. The van der Waals surface area contributed by atoms with Crippen molar-refractivity contribution in [1.29, 1.82) is 0 Å². The quantitative estimate of drug-likeness (QED) is 0.835. The predicted molar refractivity (Wildman–Crippen MR) is 71.0 cm³/mol. The Bertz CT molecular complexity index is 599. The second kappa shape index (κ2) is 4.90. The maximum atomic E-state index is 6.13. The number of aryl methyl sites for hydroxylation is 3. The Hall–Kier alpha value is -1.68. The third-order valence-electron chi connectivity index (χ3n) is 2.63. The Morgan fingerprint density at radius 1 is 1.11 bits per heavy atom. The zero-order valence-electron chi connectivity index (χ0n) is 10.8. The Morgan fingerprint density at radius 2 is 1.83 bits per heavy atom. The topological polar surface area (TPSA) is 47.9 Å². The molecule has 4 nitrogen and oxygen atoms in total. The molecule has 1 heterocycles. The molecule has 0 spiro atoms. The first-order chi connectivity index (χ1) is 8.52. The SMILES string of the molecule is COc1c(C)cc(C)cc1-c1nnc(C)nc1Cl. The van der Waals surface area contributed by atoms with E-state index >= 15 is 0 Å². The standard InChI is InChI=1S/C13H14ClN3O/c1-7-5-8(2)12(18-4)10(6-7)11-13(14)15-9(3)16-17-11/h5-6H,1-4H3. The number of aromatic nitrogens is 3. The molecule has 1 aromatic carbocycles. The van der Waals surface area contributed by atoms with Gasteiger partial charge in [-0.2, -0.15) is 0 Å². The van der Waals surface area contributed by atoms with E-state index in [4.69, 9.17) is 16.3 Å². The maximum Gasteiger partial charge on any atom is 0.159 e. The molecule has 0 bridgehead atoms. The van der Waals surface area contributed by atoms with E-state index in [-0.39, 0.29) is 0 Å². The number of rotatable bonds is 2. The highest BCUT2D eigenvalue weighted by atomic mass is 35.5. The first kappa shape index (κ1) is 12.8. The zero-order chi connectivity index (χ0) is 13.3. The van der Waals surface area contributed by atoms with Gasteiger partial charge in [0.1, 0.15) is 17.3 Å². The van der Waals surface area contributed by atoms with Gasteiger partial charge < -0.3 is 4.74 Å². The monoisotopic (exact) mass is 263 g/mol. The van der Waals surface area contributed by atoms with Gasteiger partial charge in [-0.15, -0.1) is 10.2 Å². The molecule has 0 unspecified atom stereocenters. The fraction of sp³-hybridized carbons (Fsp3) is 0.308. The summed E-state index contributed by atoms with van der Waals surface area (Å²) >= 11 is 6.13. The third kappa shape index (κ3) is 2.29. The Balaban J connectivity index is 2.69. The van der Waals surface area contributed by atoms with E-state index < -0.39 is 0 Å².